The van der Waals surface area contributed by atoms with Gasteiger partial charge in [0, 0.05) is 11.5 Å². The lowest BCUT2D eigenvalue weighted by Crippen LogP contribution is -2.25. The Bertz CT molecular complexity index is 512. The van der Waals surface area contributed by atoms with E-state index < -0.39 is 17.8 Å². The monoisotopic (exact) mass is 320 g/mol. The van der Waals surface area contributed by atoms with Crippen LogP contribution >= 0.6 is 34.5 Å². The first-order valence-electron chi connectivity index (χ1n) is 6.15. The van der Waals surface area contributed by atoms with E-state index in [-0.39, 0.29) is 5.78 Å². The number of carboxylic acid groups (broad SMARTS) is 1. The quantitative estimate of drug-likeness (QED) is 0.838. The average molecular weight is 321 g/mol. The highest BCUT2D eigenvalue weighted by Gasteiger charge is 2.42. The van der Waals surface area contributed by atoms with Gasteiger partial charge >= 0.3 is 5.97 Å². The number of carboxylic acids is 1. The molecule has 1 aliphatic rings. The predicted molar refractivity (Wildman–Crippen MR) is 76.3 cm³/mol. The van der Waals surface area contributed by atoms with E-state index in [9.17, 15) is 14.7 Å². The van der Waals surface area contributed by atoms with E-state index in [0.717, 1.165) is 17.8 Å². The summed E-state index contributed by atoms with van der Waals surface area (Å²) in [5.74, 6) is -1.87. The smallest absolute Gasteiger partial charge is 0.307 e. The van der Waals surface area contributed by atoms with Crippen LogP contribution in [0.5, 0.6) is 0 Å². The molecular formula is C13H14Cl2O3S. The van der Waals surface area contributed by atoms with Crippen LogP contribution in [0.25, 0.3) is 0 Å². The highest BCUT2D eigenvalue weighted by molar-refractivity contribution is 7.20. The Labute approximate surface area is 125 Å². The second-order valence-electron chi connectivity index (χ2n) is 4.90. The number of halogens is 2. The van der Waals surface area contributed by atoms with Gasteiger partial charge in [0.15, 0.2) is 5.78 Å². The van der Waals surface area contributed by atoms with Gasteiger partial charge in [-0.05, 0) is 24.8 Å². The third-order valence-corrected chi connectivity index (χ3v) is 5.30. The molecule has 19 heavy (non-hydrogen) atoms. The van der Waals surface area contributed by atoms with Gasteiger partial charge in [-0.1, -0.05) is 36.5 Å². The Morgan fingerprint density at radius 2 is 2.00 bits per heavy atom. The van der Waals surface area contributed by atoms with Crippen molar-refractivity contribution in [2.45, 2.75) is 26.2 Å². The lowest BCUT2D eigenvalue weighted by molar-refractivity contribution is -0.142. The van der Waals surface area contributed by atoms with Crippen LogP contribution in [-0.4, -0.2) is 16.9 Å². The summed E-state index contributed by atoms with van der Waals surface area (Å²) >= 11 is 13.0. The molecule has 104 valence electrons. The molecule has 1 aromatic rings. The van der Waals surface area contributed by atoms with Crippen molar-refractivity contribution in [2.75, 3.05) is 0 Å². The molecule has 0 aliphatic heterocycles. The zero-order chi connectivity index (χ0) is 14.2. The molecule has 1 aliphatic carbocycles. The normalized spacial score (nSPS) is 26.6. The molecule has 1 N–H and O–H groups in total. The summed E-state index contributed by atoms with van der Waals surface area (Å²) in [6.45, 7) is 2.02. The largest absolute Gasteiger partial charge is 0.481 e. The first kappa shape index (κ1) is 14.8. The van der Waals surface area contributed by atoms with E-state index in [1.165, 1.54) is 6.07 Å². The van der Waals surface area contributed by atoms with Crippen molar-refractivity contribution in [2.24, 2.45) is 17.8 Å². The maximum absolute atomic E-state index is 12.5. The lowest BCUT2D eigenvalue weighted by atomic mass is 9.89. The van der Waals surface area contributed by atoms with Crippen molar-refractivity contribution in [3.05, 3.63) is 20.3 Å². The van der Waals surface area contributed by atoms with Crippen LogP contribution in [-0.2, 0) is 4.79 Å². The molecule has 1 heterocycles. The van der Waals surface area contributed by atoms with Crippen molar-refractivity contribution < 1.29 is 14.7 Å². The first-order chi connectivity index (χ1) is 8.93. The maximum Gasteiger partial charge on any atom is 0.307 e. The summed E-state index contributed by atoms with van der Waals surface area (Å²) in [5.41, 5.74) is 0.365. The number of thiophene rings is 1. The molecule has 6 heteroatoms. The standard InChI is InChI=1S/C13H14Cl2O3S/c1-2-6-3-7(8(4-6)13(17)18)11(16)9-5-10(14)19-12(9)15/h5-8H,2-4H2,1H3,(H,17,18). The minimum absolute atomic E-state index is 0.184. The van der Waals surface area contributed by atoms with Gasteiger partial charge in [-0.25, -0.2) is 0 Å². The minimum Gasteiger partial charge on any atom is -0.481 e. The van der Waals surface area contributed by atoms with Gasteiger partial charge in [0.05, 0.1) is 10.3 Å². The summed E-state index contributed by atoms with van der Waals surface area (Å²) < 4.78 is 0.796. The first-order valence-corrected chi connectivity index (χ1v) is 7.73. The van der Waals surface area contributed by atoms with Crippen molar-refractivity contribution >= 4 is 46.3 Å². The zero-order valence-corrected chi connectivity index (χ0v) is 12.7. The maximum atomic E-state index is 12.5. The van der Waals surface area contributed by atoms with Crippen LogP contribution in [0, 0.1) is 17.8 Å². The fourth-order valence-corrected chi connectivity index (χ4v) is 4.22. The Kier molecular flexibility index (Phi) is 4.54. The molecule has 1 aromatic heterocycles. The van der Waals surface area contributed by atoms with Crippen LogP contribution in [0.1, 0.15) is 36.5 Å². The number of ketones is 1. The summed E-state index contributed by atoms with van der Waals surface area (Å²) in [6.07, 6.45) is 2.08. The van der Waals surface area contributed by atoms with Gasteiger partial charge in [0.2, 0.25) is 0 Å². The van der Waals surface area contributed by atoms with Crippen LogP contribution in [0.3, 0.4) is 0 Å². The van der Waals surface area contributed by atoms with E-state index in [1.54, 1.807) is 0 Å². The van der Waals surface area contributed by atoms with Crippen molar-refractivity contribution in [1.82, 2.24) is 0 Å². The van der Waals surface area contributed by atoms with Crippen LogP contribution in [0.15, 0.2) is 6.07 Å². The number of hydrogen-bond donors (Lipinski definition) is 1. The molecule has 1 fully saturated rings. The van der Waals surface area contributed by atoms with Crippen molar-refractivity contribution in [3.8, 4) is 0 Å². The number of carbonyl (C=O) groups is 2. The van der Waals surface area contributed by atoms with Gasteiger partial charge in [-0.2, -0.15) is 0 Å². The molecule has 0 radical (unpaired) electrons. The average Bonchev–Trinajstić information content (AvgIpc) is 2.91. The topological polar surface area (TPSA) is 54.4 Å². The number of rotatable bonds is 4. The highest BCUT2D eigenvalue weighted by atomic mass is 35.5. The molecule has 3 unspecified atom stereocenters. The number of carbonyl (C=O) groups excluding carboxylic acids is 1. The Morgan fingerprint density at radius 1 is 1.37 bits per heavy atom. The molecule has 1 saturated carbocycles. The van der Waals surface area contributed by atoms with Gasteiger partial charge in [0.1, 0.15) is 4.34 Å². The van der Waals surface area contributed by atoms with Gasteiger partial charge in [-0.3, -0.25) is 9.59 Å². The Hall–Kier alpha value is -0.580. The lowest BCUT2D eigenvalue weighted by Gasteiger charge is -2.13. The van der Waals surface area contributed by atoms with E-state index >= 15 is 0 Å². The molecule has 0 bridgehead atoms. The molecule has 2 rings (SSSR count). The SMILES string of the molecule is CCC1CC(C(=O)O)C(C(=O)c2cc(Cl)sc2Cl)C1. The number of aliphatic carboxylic acids is 1. The van der Waals surface area contributed by atoms with Crippen LogP contribution in [0.2, 0.25) is 8.67 Å². The molecule has 0 aromatic carbocycles. The van der Waals surface area contributed by atoms with Gasteiger partial charge < -0.3 is 5.11 Å². The van der Waals surface area contributed by atoms with Crippen molar-refractivity contribution in [3.63, 3.8) is 0 Å². The molecule has 0 saturated heterocycles. The van der Waals surface area contributed by atoms with E-state index in [4.69, 9.17) is 23.2 Å². The predicted octanol–water partition coefficient (Wildman–Crippen LogP) is 4.37. The van der Waals surface area contributed by atoms with E-state index in [1.807, 2.05) is 6.92 Å². The molecule has 3 atom stereocenters. The fraction of sp³-hybridized carbons (Fsp3) is 0.538. The second-order valence-corrected chi connectivity index (χ2v) is 7.18. The van der Waals surface area contributed by atoms with E-state index in [2.05, 4.69) is 0 Å². The molecule has 0 spiro atoms. The fourth-order valence-electron chi connectivity index (χ4n) is 2.75. The zero-order valence-electron chi connectivity index (χ0n) is 10.4. The molecule has 3 nitrogen and oxygen atoms in total. The summed E-state index contributed by atoms with van der Waals surface area (Å²) in [6, 6.07) is 1.54. The molecule has 0 amide bonds. The third kappa shape index (κ3) is 2.96. The number of hydrogen-bond acceptors (Lipinski definition) is 3. The highest BCUT2D eigenvalue weighted by Crippen LogP contribution is 2.42. The number of Topliss-reactive ketones (excluding diaryl/α,β-unsaturated/α-hetero) is 1. The van der Waals surface area contributed by atoms with Crippen molar-refractivity contribution in [1.29, 1.82) is 0 Å². The van der Waals surface area contributed by atoms with Gasteiger partial charge in [-0.15, -0.1) is 11.3 Å². The summed E-state index contributed by atoms with van der Waals surface area (Å²) in [5, 5.41) is 9.26. The Morgan fingerprint density at radius 3 is 2.47 bits per heavy atom. The molecular weight excluding hydrogens is 307 g/mol. The van der Waals surface area contributed by atoms with E-state index in [0.29, 0.717) is 33.0 Å². The minimum atomic E-state index is -0.897. The summed E-state index contributed by atoms with van der Waals surface area (Å²) in [4.78, 5) is 23.7. The second kappa shape index (κ2) is 5.81. The van der Waals surface area contributed by atoms with Crippen LogP contribution < -0.4 is 0 Å². The third-order valence-electron chi connectivity index (χ3n) is 3.81. The summed E-state index contributed by atoms with van der Waals surface area (Å²) in [7, 11) is 0. The van der Waals surface area contributed by atoms with Gasteiger partial charge in [0.25, 0.3) is 0 Å². The van der Waals surface area contributed by atoms with Crippen LogP contribution in [0.4, 0.5) is 0 Å². The Balaban J connectivity index is 2.26.